The number of benzene rings is 3. The third kappa shape index (κ3) is 4.18. The fourth-order valence-electron chi connectivity index (χ4n) is 3.05. The van der Waals surface area contributed by atoms with Gasteiger partial charge in [-0.1, -0.05) is 18.2 Å². The number of halogens is 2. The number of rotatable bonds is 4. The maximum Gasteiger partial charge on any atom is 0.256 e. The van der Waals surface area contributed by atoms with Gasteiger partial charge in [0.05, 0.1) is 23.9 Å². The number of anilines is 1. The maximum absolute atomic E-state index is 13.1. The lowest BCUT2D eigenvalue weighted by Crippen LogP contribution is -2.13. The molecule has 1 amide bonds. The van der Waals surface area contributed by atoms with Crippen molar-refractivity contribution in [1.29, 1.82) is 0 Å². The summed E-state index contributed by atoms with van der Waals surface area (Å²) in [5.41, 5.74) is 3.69. The first kappa shape index (κ1) is 19.6. The molecule has 1 N–H and O–H groups in total. The van der Waals surface area contributed by atoms with Crippen molar-refractivity contribution in [3.63, 3.8) is 0 Å². The minimum atomic E-state index is -0.187. The molecule has 0 radical (unpaired) electrons. The number of carbonyl (C=O) groups is 1. The van der Waals surface area contributed by atoms with Crippen molar-refractivity contribution in [1.82, 2.24) is 4.98 Å². The van der Waals surface area contributed by atoms with E-state index in [-0.39, 0.29) is 5.91 Å². The van der Waals surface area contributed by atoms with E-state index < -0.39 is 0 Å². The predicted molar refractivity (Wildman–Crippen MR) is 124 cm³/mol. The van der Waals surface area contributed by atoms with Gasteiger partial charge in [-0.05, 0) is 86.5 Å². The number of carbonyl (C=O) groups excluding carboxylic acids is 1. The average Bonchev–Trinajstić information content (AvgIpc) is 2.75. The van der Waals surface area contributed by atoms with Crippen LogP contribution in [0.2, 0.25) is 0 Å². The molecule has 0 unspecified atom stereocenters. The van der Waals surface area contributed by atoms with E-state index in [1.807, 2.05) is 72.8 Å². The molecule has 144 valence electrons. The van der Waals surface area contributed by atoms with Crippen LogP contribution in [-0.4, -0.2) is 18.0 Å². The molecular formula is C23H16Br2N2O2. The van der Waals surface area contributed by atoms with E-state index in [4.69, 9.17) is 9.72 Å². The van der Waals surface area contributed by atoms with Crippen LogP contribution in [0.15, 0.2) is 81.7 Å². The highest BCUT2D eigenvalue weighted by atomic mass is 79.9. The molecule has 0 fully saturated rings. The highest BCUT2D eigenvalue weighted by Crippen LogP contribution is 2.29. The summed E-state index contributed by atoms with van der Waals surface area (Å²) < 4.78 is 7.02. The summed E-state index contributed by atoms with van der Waals surface area (Å²) in [4.78, 5) is 17.9. The Morgan fingerprint density at radius 2 is 1.69 bits per heavy atom. The van der Waals surface area contributed by atoms with Crippen molar-refractivity contribution in [2.75, 3.05) is 12.4 Å². The minimum absolute atomic E-state index is 0.187. The number of pyridine rings is 1. The van der Waals surface area contributed by atoms with Gasteiger partial charge in [0.1, 0.15) is 5.75 Å². The molecule has 4 nitrogen and oxygen atoms in total. The van der Waals surface area contributed by atoms with E-state index in [0.29, 0.717) is 11.3 Å². The number of amides is 1. The van der Waals surface area contributed by atoms with Gasteiger partial charge in [-0.3, -0.25) is 4.79 Å². The zero-order chi connectivity index (χ0) is 20.4. The van der Waals surface area contributed by atoms with Crippen LogP contribution in [-0.2, 0) is 0 Å². The molecule has 0 aliphatic carbocycles. The summed E-state index contributed by atoms with van der Waals surface area (Å²) in [6, 6.07) is 22.7. The molecule has 29 heavy (non-hydrogen) atoms. The Kier molecular flexibility index (Phi) is 5.65. The van der Waals surface area contributed by atoms with Gasteiger partial charge < -0.3 is 10.1 Å². The normalized spacial score (nSPS) is 10.7. The Morgan fingerprint density at radius 1 is 0.931 bits per heavy atom. The molecule has 4 rings (SSSR count). The van der Waals surface area contributed by atoms with Gasteiger partial charge in [0.2, 0.25) is 0 Å². The van der Waals surface area contributed by atoms with Crippen molar-refractivity contribution in [2.45, 2.75) is 0 Å². The van der Waals surface area contributed by atoms with Crippen LogP contribution in [0.4, 0.5) is 5.69 Å². The fourth-order valence-corrected chi connectivity index (χ4v) is 3.67. The monoisotopic (exact) mass is 510 g/mol. The number of ether oxygens (including phenoxy) is 1. The predicted octanol–water partition coefficient (Wildman–Crippen LogP) is 6.69. The van der Waals surface area contributed by atoms with E-state index in [2.05, 4.69) is 37.2 Å². The first-order chi connectivity index (χ1) is 14.0. The van der Waals surface area contributed by atoms with E-state index in [0.717, 1.165) is 36.9 Å². The van der Waals surface area contributed by atoms with E-state index in [1.165, 1.54) is 0 Å². The highest BCUT2D eigenvalue weighted by Gasteiger charge is 2.15. The third-order valence-corrected chi connectivity index (χ3v) is 6.40. The molecule has 0 saturated heterocycles. The second-order valence-corrected chi connectivity index (χ2v) is 8.09. The molecule has 1 aromatic heterocycles. The summed E-state index contributed by atoms with van der Waals surface area (Å²) in [5.74, 6) is 0.584. The zero-order valence-corrected chi connectivity index (χ0v) is 18.6. The number of aromatic nitrogens is 1. The minimum Gasteiger partial charge on any atom is -0.497 e. The van der Waals surface area contributed by atoms with Gasteiger partial charge in [-0.2, -0.15) is 0 Å². The van der Waals surface area contributed by atoms with Gasteiger partial charge in [-0.25, -0.2) is 4.98 Å². The lowest BCUT2D eigenvalue weighted by atomic mass is 10.0. The Labute approximate surface area is 185 Å². The van der Waals surface area contributed by atoms with Crippen LogP contribution in [0.5, 0.6) is 5.75 Å². The topological polar surface area (TPSA) is 51.2 Å². The molecule has 0 aliphatic rings. The molecule has 1 heterocycles. The van der Waals surface area contributed by atoms with Crippen LogP contribution in [0.1, 0.15) is 10.4 Å². The number of para-hydroxylation sites is 1. The van der Waals surface area contributed by atoms with Gasteiger partial charge >= 0.3 is 0 Å². The van der Waals surface area contributed by atoms with E-state index in [9.17, 15) is 4.79 Å². The van der Waals surface area contributed by atoms with Gasteiger partial charge in [-0.15, -0.1) is 0 Å². The van der Waals surface area contributed by atoms with Crippen LogP contribution < -0.4 is 10.1 Å². The Balaban J connectivity index is 1.77. The summed E-state index contributed by atoms with van der Waals surface area (Å²) in [7, 11) is 1.63. The fraction of sp³-hybridized carbons (Fsp3) is 0.0435. The van der Waals surface area contributed by atoms with Crippen molar-refractivity contribution in [3.05, 3.63) is 87.3 Å². The number of fused-ring (bicyclic) bond motifs is 1. The van der Waals surface area contributed by atoms with Crippen LogP contribution in [0.25, 0.3) is 22.2 Å². The standard InChI is InChI=1S/C23H16Br2N2O2/c1-29-16-9-6-14(7-10-16)22-13-18(17-4-2-3-5-21(17)27-22)23(28)26-15-8-11-19(24)20(25)12-15/h2-13H,1H3,(H,26,28). The Morgan fingerprint density at radius 3 is 2.41 bits per heavy atom. The molecule has 0 atom stereocenters. The Bertz CT molecular complexity index is 1210. The molecule has 0 bridgehead atoms. The summed E-state index contributed by atoms with van der Waals surface area (Å²) in [5, 5.41) is 3.78. The quantitative estimate of drug-likeness (QED) is 0.332. The first-order valence-corrected chi connectivity index (χ1v) is 10.4. The van der Waals surface area contributed by atoms with E-state index >= 15 is 0 Å². The van der Waals surface area contributed by atoms with Gasteiger partial charge in [0.15, 0.2) is 0 Å². The number of hydrogen-bond acceptors (Lipinski definition) is 3. The summed E-state index contributed by atoms with van der Waals surface area (Å²) >= 11 is 6.91. The molecule has 3 aromatic carbocycles. The molecule has 0 saturated carbocycles. The summed E-state index contributed by atoms with van der Waals surface area (Å²) in [6.07, 6.45) is 0. The number of methoxy groups -OCH3 is 1. The number of nitrogens with one attached hydrogen (secondary N) is 1. The van der Waals surface area contributed by atoms with Crippen molar-refractivity contribution in [3.8, 4) is 17.0 Å². The maximum atomic E-state index is 13.1. The largest absolute Gasteiger partial charge is 0.497 e. The van der Waals surface area contributed by atoms with Crippen molar-refractivity contribution in [2.24, 2.45) is 0 Å². The molecule has 6 heteroatoms. The smallest absolute Gasteiger partial charge is 0.256 e. The van der Waals surface area contributed by atoms with Crippen LogP contribution >= 0.6 is 31.9 Å². The van der Waals surface area contributed by atoms with Gasteiger partial charge in [0, 0.05) is 25.6 Å². The lowest BCUT2D eigenvalue weighted by molar-refractivity contribution is 0.102. The Hall–Kier alpha value is -2.70. The van der Waals surface area contributed by atoms with Crippen LogP contribution in [0.3, 0.4) is 0 Å². The zero-order valence-electron chi connectivity index (χ0n) is 15.4. The first-order valence-electron chi connectivity index (χ1n) is 8.86. The molecule has 0 aliphatic heterocycles. The highest BCUT2D eigenvalue weighted by molar-refractivity contribution is 9.13. The second kappa shape index (κ2) is 8.35. The average molecular weight is 512 g/mol. The molecule has 0 spiro atoms. The van der Waals surface area contributed by atoms with E-state index in [1.54, 1.807) is 7.11 Å². The lowest BCUT2D eigenvalue weighted by Gasteiger charge is -2.11. The van der Waals surface area contributed by atoms with Crippen molar-refractivity contribution >= 4 is 54.4 Å². The molecule has 4 aromatic rings. The van der Waals surface area contributed by atoms with Crippen LogP contribution in [0, 0.1) is 0 Å². The second-order valence-electron chi connectivity index (χ2n) is 6.38. The summed E-state index contributed by atoms with van der Waals surface area (Å²) in [6.45, 7) is 0. The SMILES string of the molecule is COc1ccc(-c2cc(C(=O)Nc3ccc(Br)c(Br)c3)c3ccccc3n2)cc1. The number of nitrogens with zero attached hydrogens (tertiary/aromatic N) is 1. The molecular weight excluding hydrogens is 496 g/mol. The number of hydrogen-bond donors (Lipinski definition) is 1. The third-order valence-electron chi connectivity index (χ3n) is 4.52. The van der Waals surface area contributed by atoms with Gasteiger partial charge in [0.25, 0.3) is 5.91 Å². The van der Waals surface area contributed by atoms with Crippen molar-refractivity contribution < 1.29 is 9.53 Å².